The standard InChI is InChI=1S/C21H19NO2S/c1-22-25(23,24)21-15-9-8-14-19(21)16-20(17-10-4-2-5-11-17)18-12-6-3-7-13-18/h2-16,22H,1H3. The molecule has 0 atom stereocenters. The first-order valence-corrected chi connectivity index (χ1v) is 9.45. The summed E-state index contributed by atoms with van der Waals surface area (Å²) >= 11 is 0. The molecule has 0 radical (unpaired) electrons. The molecule has 25 heavy (non-hydrogen) atoms. The van der Waals surface area contributed by atoms with Crippen LogP contribution in [0.5, 0.6) is 0 Å². The number of hydrogen-bond acceptors (Lipinski definition) is 2. The third kappa shape index (κ3) is 3.87. The maximum Gasteiger partial charge on any atom is 0.240 e. The van der Waals surface area contributed by atoms with E-state index in [1.807, 2.05) is 78.9 Å². The molecular formula is C21H19NO2S. The molecular weight excluding hydrogens is 330 g/mol. The van der Waals surface area contributed by atoms with Crippen molar-refractivity contribution in [2.75, 3.05) is 7.05 Å². The molecule has 3 aromatic carbocycles. The van der Waals surface area contributed by atoms with Gasteiger partial charge in [-0.25, -0.2) is 13.1 Å². The van der Waals surface area contributed by atoms with Gasteiger partial charge in [-0.3, -0.25) is 0 Å². The van der Waals surface area contributed by atoms with E-state index in [2.05, 4.69) is 4.72 Å². The summed E-state index contributed by atoms with van der Waals surface area (Å²) in [6, 6.07) is 26.9. The van der Waals surface area contributed by atoms with E-state index in [9.17, 15) is 8.42 Å². The molecule has 0 spiro atoms. The summed E-state index contributed by atoms with van der Waals surface area (Å²) in [4.78, 5) is 0.266. The van der Waals surface area contributed by atoms with E-state index in [4.69, 9.17) is 0 Å². The molecule has 0 aliphatic heterocycles. The fourth-order valence-corrected chi connectivity index (χ4v) is 3.59. The van der Waals surface area contributed by atoms with Gasteiger partial charge in [-0.15, -0.1) is 0 Å². The molecule has 0 saturated carbocycles. The smallest absolute Gasteiger partial charge is 0.214 e. The van der Waals surface area contributed by atoms with Gasteiger partial charge in [0.15, 0.2) is 0 Å². The van der Waals surface area contributed by atoms with Gasteiger partial charge in [0.05, 0.1) is 4.90 Å². The summed E-state index contributed by atoms with van der Waals surface area (Å²) in [5, 5.41) is 0. The molecule has 0 fully saturated rings. The highest BCUT2D eigenvalue weighted by Crippen LogP contribution is 2.28. The third-order valence-corrected chi connectivity index (χ3v) is 5.43. The van der Waals surface area contributed by atoms with Crippen molar-refractivity contribution in [1.29, 1.82) is 0 Å². The van der Waals surface area contributed by atoms with Crippen LogP contribution in [0, 0.1) is 0 Å². The van der Waals surface area contributed by atoms with Crippen LogP contribution in [0.25, 0.3) is 11.6 Å². The Labute approximate surface area is 148 Å². The van der Waals surface area contributed by atoms with E-state index in [0.717, 1.165) is 16.7 Å². The second-order valence-corrected chi connectivity index (χ2v) is 7.39. The van der Waals surface area contributed by atoms with Crippen LogP contribution in [0.15, 0.2) is 89.8 Å². The monoisotopic (exact) mass is 349 g/mol. The minimum absolute atomic E-state index is 0.266. The fourth-order valence-electron chi connectivity index (χ4n) is 2.68. The average Bonchev–Trinajstić information content (AvgIpc) is 2.67. The van der Waals surface area contributed by atoms with Crippen LogP contribution in [-0.2, 0) is 10.0 Å². The molecule has 1 N–H and O–H groups in total. The van der Waals surface area contributed by atoms with Crippen molar-refractivity contribution < 1.29 is 8.42 Å². The van der Waals surface area contributed by atoms with Gasteiger partial charge < -0.3 is 0 Å². The Morgan fingerprint density at radius 2 is 1.24 bits per heavy atom. The minimum Gasteiger partial charge on any atom is -0.214 e. The predicted octanol–water partition coefficient (Wildman–Crippen LogP) is 4.18. The minimum atomic E-state index is -3.53. The van der Waals surface area contributed by atoms with Crippen molar-refractivity contribution in [3.8, 4) is 0 Å². The second kappa shape index (κ2) is 7.47. The Kier molecular flexibility index (Phi) is 5.12. The molecule has 0 aliphatic carbocycles. The second-order valence-electron chi connectivity index (χ2n) is 5.54. The lowest BCUT2D eigenvalue weighted by molar-refractivity contribution is 0.588. The molecule has 0 unspecified atom stereocenters. The summed E-state index contributed by atoms with van der Waals surface area (Å²) in [6.07, 6.45) is 1.93. The first kappa shape index (κ1) is 17.1. The zero-order valence-electron chi connectivity index (χ0n) is 13.9. The van der Waals surface area contributed by atoms with Crippen molar-refractivity contribution in [2.45, 2.75) is 4.90 Å². The predicted molar refractivity (Wildman–Crippen MR) is 103 cm³/mol. The molecule has 0 aliphatic rings. The van der Waals surface area contributed by atoms with Crippen LogP contribution in [-0.4, -0.2) is 15.5 Å². The van der Waals surface area contributed by atoms with Crippen molar-refractivity contribution >= 4 is 21.7 Å². The number of hydrogen-bond donors (Lipinski definition) is 1. The highest BCUT2D eigenvalue weighted by Gasteiger charge is 2.15. The van der Waals surface area contributed by atoms with Crippen LogP contribution in [0.4, 0.5) is 0 Å². The molecule has 3 rings (SSSR count). The van der Waals surface area contributed by atoms with Gasteiger partial charge in [0.1, 0.15) is 0 Å². The van der Waals surface area contributed by atoms with Crippen LogP contribution in [0.3, 0.4) is 0 Å². The molecule has 0 aromatic heterocycles. The maximum absolute atomic E-state index is 12.3. The molecule has 0 heterocycles. The Bertz CT molecular complexity index is 937. The molecule has 3 aromatic rings. The lowest BCUT2D eigenvalue weighted by atomic mass is 9.96. The van der Waals surface area contributed by atoms with E-state index < -0.39 is 10.0 Å². The van der Waals surface area contributed by atoms with Crippen molar-refractivity contribution in [2.24, 2.45) is 0 Å². The van der Waals surface area contributed by atoms with E-state index in [1.54, 1.807) is 12.1 Å². The lowest BCUT2D eigenvalue weighted by Crippen LogP contribution is -2.19. The third-order valence-electron chi connectivity index (χ3n) is 3.95. The van der Waals surface area contributed by atoms with Crippen LogP contribution >= 0.6 is 0 Å². The SMILES string of the molecule is CNS(=O)(=O)c1ccccc1C=C(c1ccccc1)c1ccccc1. The topological polar surface area (TPSA) is 46.2 Å². The molecule has 126 valence electrons. The summed E-state index contributed by atoms with van der Waals surface area (Å²) in [5.74, 6) is 0. The zero-order chi connectivity index (χ0) is 17.7. The summed E-state index contributed by atoms with van der Waals surface area (Å²) in [7, 11) is -2.11. The van der Waals surface area contributed by atoms with E-state index in [1.165, 1.54) is 7.05 Å². The average molecular weight is 349 g/mol. The molecule has 0 amide bonds. The molecule has 0 bridgehead atoms. The first-order valence-electron chi connectivity index (χ1n) is 7.97. The van der Waals surface area contributed by atoms with Crippen molar-refractivity contribution in [3.63, 3.8) is 0 Å². The molecule has 0 saturated heterocycles. The highest BCUT2D eigenvalue weighted by atomic mass is 32.2. The number of rotatable bonds is 5. The Morgan fingerprint density at radius 3 is 1.76 bits per heavy atom. The van der Waals surface area contributed by atoms with Crippen LogP contribution < -0.4 is 4.72 Å². The zero-order valence-corrected chi connectivity index (χ0v) is 14.7. The Hall–Kier alpha value is -2.69. The Morgan fingerprint density at radius 1 is 0.760 bits per heavy atom. The van der Waals surface area contributed by atoms with Crippen molar-refractivity contribution in [3.05, 3.63) is 102 Å². The van der Waals surface area contributed by atoms with E-state index in [0.29, 0.717) is 5.56 Å². The van der Waals surface area contributed by atoms with Crippen LogP contribution in [0.1, 0.15) is 16.7 Å². The maximum atomic E-state index is 12.3. The first-order chi connectivity index (χ1) is 12.1. The van der Waals surface area contributed by atoms with Gasteiger partial charge in [0.2, 0.25) is 10.0 Å². The largest absolute Gasteiger partial charge is 0.240 e. The summed E-state index contributed by atoms with van der Waals surface area (Å²) in [5.41, 5.74) is 3.69. The van der Waals surface area contributed by atoms with Gasteiger partial charge in [0, 0.05) is 0 Å². The van der Waals surface area contributed by atoms with E-state index >= 15 is 0 Å². The van der Waals surface area contributed by atoms with Crippen LogP contribution in [0.2, 0.25) is 0 Å². The highest BCUT2D eigenvalue weighted by molar-refractivity contribution is 7.89. The summed E-state index contributed by atoms with van der Waals surface area (Å²) in [6.45, 7) is 0. The Balaban J connectivity index is 2.23. The van der Waals surface area contributed by atoms with Gasteiger partial charge in [-0.1, -0.05) is 78.9 Å². The number of benzene rings is 3. The summed E-state index contributed by atoms with van der Waals surface area (Å²) < 4.78 is 27.1. The molecule has 4 heteroatoms. The van der Waals surface area contributed by atoms with Crippen molar-refractivity contribution in [1.82, 2.24) is 4.72 Å². The van der Waals surface area contributed by atoms with Gasteiger partial charge in [-0.05, 0) is 41.5 Å². The van der Waals surface area contributed by atoms with E-state index in [-0.39, 0.29) is 4.90 Å². The fraction of sp³-hybridized carbons (Fsp3) is 0.0476. The van der Waals surface area contributed by atoms with Gasteiger partial charge >= 0.3 is 0 Å². The van der Waals surface area contributed by atoms with Gasteiger partial charge in [-0.2, -0.15) is 0 Å². The molecule has 3 nitrogen and oxygen atoms in total. The normalized spacial score (nSPS) is 11.1. The van der Waals surface area contributed by atoms with Gasteiger partial charge in [0.25, 0.3) is 0 Å². The lowest BCUT2D eigenvalue weighted by Gasteiger charge is -2.11. The number of sulfonamides is 1. The quantitative estimate of drug-likeness (QED) is 0.702. The number of nitrogens with one attached hydrogen (secondary N) is 1.